The first-order chi connectivity index (χ1) is 13.8. The average Bonchev–Trinajstić information content (AvgIpc) is 3.04. The molecule has 2 aromatic carbocycles. The van der Waals surface area contributed by atoms with Crippen LogP contribution in [0.3, 0.4) is 0 Å². The molecule has 0 fully saturated rings. The molecule has 0 saturated heterocycles. The zero-order valence-electron chi connectivity index (χ0n) is 16.8. The summed E-state index contributed by atoms with van der Waals surface area (Å²) in [6, 6.07) is 16.6. The Labute approximate surface area is 169 Å². The molecule has 1 aliphatic rings. The first-order valence-corrected chi connectivity index (χ1v) is 9.64. The van der Waals surface area contributed by atoms with Gasteiger partial charge in [-0.2, -0.15) is 0 Å². The van der Waals surface area contributed by atoms with Crippen LogP contribution in [-0.2, 0) is 17.9 Å². The number of carbonyl (C=O) groups is 1. The Morgan fingerprint density at radius 3 is 2.55 bits per heavy atom. The van der Waals surface area contributed by atoms with Gasteiger partial charge in [-0.3, -0.25) is 4.79 Å². The molecule has 0 bridgehead atoms. The molecule has 150 valence electrons. The third kappa shape index (κ3) is 3.97. The highest BCUT2D eigenvalue weighted by atomic mass is 16.6. The lowest BCUT2D eigenvalue weighted by Crippen LogP contribution is -2.35. The minimum Gasteiger partial charge on any atom is -0.488 e. The van der Waals surface area contributed by atoms with Crippen molar-refractivity contribution in [1.29, 1.82) is 0 Å². The molecule has 6 nitrogen and oxygen atoms in total. The monoisotopic (exact) mass is 392 g/mol. The van der Waals surface area contributed by atoms with Crippen molar-refractivity contribution in [3.05, 3.63) is 76.1 Å². The molecule has 1 aliphatic heterocycles. The van der Waals surface area contributed by atoms with Gasteiger partial charge in [-0.25, -0.2) is 4.79 Å². The number of aromatic nitrogens is 1. The van der Waals surface area contributed by atoms with E-state index >= 15 is 0 Å². The fraction of sp³-hybridized carbons (Fsp3) is 0.304. The summed E-state index contributed by atoms with van der Waals surface area (Å²) in [6.07, 6.45) is -0.519. The molecule has 2 heterocycles. The van der Waals surface area contributed by atoms with E-state index in [4.69, 9.17) is 9.47 Å². The molecule has 6 heteroatoms. The molecule has 0 spiro atoms. The molecule has 1 amide bonds. The van der Waals surface area contributed by atoms with Crippen LogP contribution in [0.1, 0.15) is 37.9 Å². The minimum absolute atomic E-state index is 0.104. The van der Waals surface area contributed by atoms with Crippen LogP contribution in [0.2, 0.25) is 0 Å². The van der Waals surface area contributed by atoms with Crippen molar-refractivity contribution in [2.75, 3.05) is 0 Å². The third-order valence-corrected chi connectivity index (χ3v) is 4.79. The normalized spacial score (nSPS) is 15.3. The van der Waals surface area contributed by atoms with Crippen LogP contribution in [0.15, 0.2) is 59.4 Å². The lowest BCUT2D eigenvalue weighted by molar-refractivity contribution is 0.0501. The summed E-state index contributed by atoms with van der Waals surface area (Å²) in [5.74, 6) is 0.652. The Balaban J connectivity index is 1.69. The third-order valence-electron chi connectivity index (χ3n) is 4.79. The van der Waals surface area contributed by atoms with Gasteiger partial charge in [-0.05, 0) is 49.9 Å². The van der Waals surface area contributed by atoms with E-state index in [9.17, 15) is 9.59 Å². The highest BCUT2D eigenvalue weighted by Gasteiger charge is 2.31. The Hall–Kier alpha value is -3.28. The molecular formula is C23H24N2O4. The molecule has 1 atom stereocenters. The number of amides is 1. The predicted octanol–water partition coefficient (Wildman–Crippen LogP) is 4.16. The van der Waals surface area contributed by atoms with Gasteiger partial charge in [0.25, 0.3) is 5.56 Å². The van der Waals surface area contributed by atoms with Crippen molar-refractivity contribution in [1.82, 2.24) is 9.88 Å². The van der Waals surface area contributed by atoms with E-state index in [1.54, 1.807) is 16.7 Å². The molecular weight excluding hydrogens is 368 g/mol. The van der Waals surface area contributed by atoms with Crippen molar-refractivity contribution in [3.8, 4) is 5.75 Å². The van der Waals surface area contributed by atoms with E-state index in [1.165, 1.54) is 0 Å². The molecule has 0 aliphatic carbocycles. The van der Waals surface area contributed by atoms with E-state index in [0.29, 0.717) is 18.9 Å². The smallest absolute Gasteiger partial charge is 0.408 e. The quantitative estimate of drug-likeness (QED) is 0.724. The number of hydrogen-bond donors (Lipinski definition) is 1. The molecule has 29 heavy (non-hydrogen) atoms. The fourth-order valence-corrected chi connectivity index (χ4v) is 3.62. The fourth-order valence-electron chi connectivity index (χ4n) is 3.62. The minimum atomic E-state index is -0.606. The Bertz CT molecular complexity index is 1110. The van der Waals surface area contributed by atoms with Gasteiger partial charge >= 0.3 is 6.09 Å². The zero-order chi connectivity index (χ0) is 20.6. The summed E-state index contributed by atoms with van der Waals surface area (Å²) in [4.78, 5) is 24.8. The summed E-state index contributed by atoms with van der Waals surface area (Å²) < 4.78 is 13.2. The van der Waals surface area contributed by atoms with Gasteiger partial charge in [0, 0.05) is 11.6 Å². The molecule has 1 N–H and O–H groups in total. The van der Waals surface area contributed by atoms with Gasteiger partial charge in [0.2, 0.25) is 0 Å². The van der Waals surface area contributed by atoms with Crippen LogP contribution in [0, 0.1) is 0 Å². The summed E-state index contributed by atoms with van der Waals surface area (Å²) in [6.45, 7) is 6.19. The van der Waals surface area contributed by atoms with Crippen LogP contribution < -0.4 is 15.6 Å². The van der Waals surface area contributed by atoms with Crippen LogP contribution in [0.25, 0.3) is 10.9 Å². The Morgan fingerprint density at radius 2 is 1.83 bits per heavy atom. The van der Waals surface area contributed by atoms with Crippen molar-refractivity contribution in [2.24, 2.45) is 0 Å². The predicted molar refractivity (Wildman–Crippen MR) is 111 cm³/mol. The summed E-state index contributed by atoms with van der Waals surface area (Å²) in [7, 11) is 0. The van der Waals surface area contributed by atoms with E-state index < -0.39 is 17.7 Å². The summed E-state index contributed by atoms with van der Waals surface area (Å²) in [5, 5.41) is 3.84. The van der Waals surface area contributed by atoms with Gasteiger partial charge in [0.15, 0.2) is 0 Å². The van der Waals surface area contributed by atoms with E-state index in [0.717, 1.165) is 22.0 Å². The van der Waals surface area contributed by atoms with Gasteiger partial charge in [0.1, 0.15) is 18.0 Å². The number of pyridine rings is 1. The van der Waals surface area contributed by atoms with E-state index in [2.05, 4.69) is 5.32 Å². The molecule has 0 unspecified atom stereocenters. The summed E-state index contributed by atoms with van der Waals surface area (Å²) in [5.41, 5.74) is 1.93. The van der Waals surface area contributed by atoms with E-state index in [-0.39, 0.29) is 5.56 Å². The number of nitrogens with zero attached hydrogens (tertiary/aromatic N) is 1. The van der Waals surface area contributed by atoms with Crippen molar-refractivity contribution in [2.45, 2.75) is 45.6 Å². The van der Waals surface area contributed by atoms with Crippen molar-refractivity contribution in [3.63, 3.8) is 0 Å². The molecule has 1 aromatic heterocycles. The second-order valence-electron chi connectivity index (χ2n) is 8.17. The second-order valence-corrected chi connectivity index (χ2v) is 8.17. The Morgan fingerprint density at radius 1 is 1.10 bits per heavy atom. The average molecular weight is 392 g/mol. The molecule has 3 aromatic rings. The maximum absolute atomic E-state index is 12.4. The maximum Gasteiger partial charge on any atom is 0.408 e. The number of benzene rings is 2. The van der Waals surface area contributed by atoms with Gasteiger partial charge in [-0.1, -0.05) is 30.3 Å². The molecule has 4 rings (SSSR count). The first kappa shape index (κ1) is 19.1. The highest BCUT2D eigenvalue weighted by Crippen LogP contribution is 2.38. The van der Waals surface area contributed by atoms with Gasteiger partial charge in [-0.15, -0.1) is 0 Å². The maximum atomic E-state index is 12.4. The largest absolute Gasteiger partial charge is 0.488 e. The zero-order valence-corrected chi connectivity index (χ0v) is 16.8. The second kappa shape index (κ2) is 7.28. The lowest BCUT2D eigenvalue weighted by Gasteiger charge is -2.22. The number of carbonyl (C=O) groups excluding carboxylic acids is 1. The Kier molecular flexibility index (Phi) is 4.78. The highest BCUT2D eigenvalue weighted by molar-refractivity contribution is 5.87. The SMILES string of the molecule is CC(C)(C)OC(=O)N[C@@H]1Cn2c(=O)ccc3ccc(OCc4ccccc4)c1c32. The first-order valence-electron chi connectivity index (χ1n) is 9.64. The van der Waals surface area contributed by atoms with Crippen molar-refractivity contribution < 1.29 is 14.3 Å². The number of rotatable bonds is 4. The summed E-state index contributed by atoms with van der Waals surface area (Å²) >= 11 is 0. The van der Waals surface area contributed by atoms with E-state index in [1.807, 2.05) is 63.2 Å². The van der Waals surface area contributed by atoms with Crippen LogP contribution in [0.5, 0.6) is 5.75 Å². The van der Waals surface area contributed by atoms with Crippen LogP contribution >= 0.6 is 0 Å². The molecule has 0 radical (unpaired) electrons. The number of hydrogen-bond acceptors (Lipinski definition) is 4. The van der Waals surface area contributed by atoms with Crippen LogP contribution in [0.4, 0.5) is 4.79 Å². The standard InChI is InChI=1S/C23H24N2O4/c1-23(2,3)29-22(27)24-17-13-25-19(26)12-10-16-9-11-18(20(17)21(16)25)28-14-15-7-5-4-6-8-15/h4-12,17H,13-14H2,1-3H3,(H,24,27)/t17-/m1/s1. The number of nitrogens with one attached hydrogen (secondary N) is 1. The van der Waals surface area contributed by atoms with Crippen molar-refractivity contribution >= 4 is 17.0 Å². The van der Waals surface area contributed by atoms with Gasteiger partial charge in [0.05, 0.1) is 18.1 Å². The molecule has 0 saturated carbocycles. The topological polar surface area (TPSA) is 69.6 Å². The number of ether oxygens (including phenoxy) is 2. The van der Waals surface area contributed by atoms with Crippen LogP contribution in [-0.4, -0.2) is 16.3 Å². The van der Waals surface area contributed by atoms with Gasteiger partial charge < -0.3 is 19.4 Å². The lowest BCUT2D eigenvalue weighted by atomic mass is 10.0. The number of alkyl carbamates (subject to hydrolysis) is 1.